The first-order valence-corrected chi connectivity index (χ1v) is 5.96. The van der Waals surface area contributed by atoms with Gasteiger partial charge in [0.15, 0.2) is 15.5 Å². The van der Waals surface area contributed by atoms with Crippen molar-refractivity contribution >= 4 is 9.84 Å². The van der Waals surface area contributed by atoms with Gasteiger partial charge in [0.2, 0.25) is 0 Å². The summed E-state index contributed by atoms with van der Waals surface area (Å²) in [7, 11) is -3.05. The molecule has 2 aliphatic rings. The van der Waals surface area contributed by atoms with E-state index in [9.17, 15) is 12.8 Å². The summed E-state index contributed by atoms with van der Waals surface area (Å²) < 4.78 is 35.9. The zero-order valence-electron chi connectivity index (χ0n) is 7.09. The molecule has 76 valence electrons. The summed E-state index contributed by atoms with van der Waals surface area (Å²) in [6.07, 6.45) is 0. The molecule has 2 N–H and O–H groups in total. The number of rotatable bonds is 1. The van der Waals surface area contributed by atoms with Crippen LogP contribution >= 0.6 is 0 Å². The number of hydrogen-bond donors (Lipinski definition) is 2. The van der Waals surface area contributed by atoms with Crippen LogP contribution in [0.1, 0.15) is 0 Å². The Morgan fingerprint density at radius 3 is 2.46 bits per heavy atom. The number of halogens is 1. The number of hydrogen-bond acceptors (Lipinski definition) is 4. The van der Waals surface area contributed by atoms with Gasteiger partial charge in [0.25, 0.3) is 0 Å². The minimum atomic E-state index is -3.05. The minimum absolute atomic E-state index is 0.0546. The molecule has 0 aliphatic carbocycles. The first-order chi connectivity index (χ1) is 5.93. The summed E-state index contributed by atoms with van der Waals surface area (Å²) >= 11 is 0. The molecule has 1 atom stereocenters. The lowest BCUT2D eigenvalue weighted by Gasteiger charge is -2.44. The highest BCUT2D eigenvalue weighted by atomic mass is 32.2. The number of alkyl halides is 1. The molecule has 2 heterocycles. The molecule has 13 heavy (non-hydrogen) atoms. The molecule has 4 nitrogen and oxygen atoms in total. The summed E-state index contributed by atoms with van der Waals surface area (Å²) in [5.41, 5.74) is -2.61. The predicted molar refractivity (Wildman–Crippen MR) is 44.9 cm³/mol. The van der Waals surface area contributed by atoms with Crippen molar-refractivity contribution in [3.05, 3.63) is 0 Å². The highest BCUT2D eigenvalue weighted by molar-refractivity contribution is 7.92. The minimum Gasteiger partial charge on any atom is -0.393 e. The number of nitrogens with one attached hydrogen (secondary N) is 1. The fourth-order valence-electron chi connectivity index (χ4n) is 2.23. The Balaban J connectivity index is 2.26. The van der Waals surface area contributed by atoms with Crippen molar-refractivity contribution in [2.75, 3.05) is 31.2 Å². The Labute approximate surface area is 76.1 Å². The molecule has 0 aromatic carbocycles. The first kappa shape index (κ1) is 9.36. The maximum Gasteiger partial charge on any atom is 0.154 e. The highest BCUT2D eigenvalue weighted by Gasteiger charge is 2.64. The smallest absolute Gasteiger partial charge is 0.154 e. The van der Waals surface area contributed by atoms with E-state index in [1.54, 1.807) is 0 Å². The lowest BCUT2D eigenvalue weighted by atomic mass is 9.78. The van der Waals surface area contributed by atoms with Crippen molar-refractivity contribution in [1.29, 1.82) is 0 Å². The van der Waals surface area contributed by atoms with E-state index in [0.29, 0.717) is 6.54 Å². The zero-order valence-corrected chi connectivity index (χ0v) is 7.90. The van der Waals surface area contributed by atoms with E-state index in [2.05, 4.69) is 5.32 Å². The molecule has 0 bridgehead atoms. The fourth-order valence-corrected chi connectivity index (χ4v) is 4.55. The van der Waals surface area contributed by atoms with Crippen molar-refractivity contribution in [3.8, 4) is 0 Å². The fraction of sp³-hybridized carbons (Fsp3) is 1.00. The third-order valence-electron chi connectivity index (χ3n) is 3.06. The van der Waals surface area contributed by atoms with Crippen LogP contribution in [0.3, 0.4) is 0 Å². The molecule has 0 saturated carbocycles. The largest absolute Gasteiger partial charge is 0.393 e. The van der Waals surface area contributed by atoms with E-state index in [1.807, 2.05) is 0 Å². The molecule has 1 spiro atoms. The Morgan fingerprint density at radius 1 is 1.38 bits per heavy atom. The molecule has 2 saturated heterocycles. The number of aliphatic hydroxyl groups excluding tert-OH is 1. The average Bonchev–Trinajstić information content (AvgIpc) is 2.28. The van der Waals surface area contributed by atoms with E-state index < -0.39 is 27.5 Å². The molecule has 0 amide bonds. The topological polar surface area (TPSA) is 66.4 Å². The van der Waals surface area contributed by atoms with Crippen molar-refractivity contribution in [3.63, 3.8) is 0 Å². The van der Waals surface area contributed by atoms with Crippen molar-refractivity contribution in [1.82, 2.24) is 5.32 Å². The van der Waals surface area contributed by atoms with Crippen molar-refractivity contribution in [2.45, 2.75) is 5.67 Å². The maximum atomic E-state index is 13.9. The van der Waals surface area contributed by atoms with Crippen LogP contribution in [-0.2, 0) is 9.84 Å². The van der Waals surface area contributed by atoms with Crippen LogP contribution in [-0.4, -0.2) is 50.4 Å². The van der Waals surface area contributed by atoms with E-state index in [-0.39, 0.29) is 18.1 Å². The van der Waals surface area contributed by atoms with Crippen LogP contribution in [0, 0.1) is 5.41 Å². The van der Waals surface area contributed by atoms with Gasteiger partial charge in [0, 0.05) is 18.5 Å². The lowest BCUT2D eigenvalue weighted by Crippen LogP contribution is -2.61. The third kappa shape index (κ3) is 1.12. The van der Waals surface area contributed by atoms with Crippen molar-refractivity contribution < 1.29 is 17.9 Å². The highest BCUT2D eigenvalue weighted by Crippen LogP contribution is 2.47. The molecule has 2 fully saturated rings. The molecule has 2 aliphatic heterocycles. The first-order valence-electron chi connectivity index (χ1n) is 4.14. The molecule has 0 aromatic heterocycles. The van der Waals surface area contributed by atoms with E-state index in [4.69, 9.17) is 5.11 Å². The Morgan fingerprint density at radius 2 is 2.00 bits per heavy atom. The summed E-state index contributed by atoms with van der Waals surface area (Å²) in [5.74, 6) is -0.270. The SMILES string of the molecule is O=S1(=O)CC2(CNCC2(F)CO)C1. The normalized spacial score (nSPS) is 40.5. The van der Waals surface area contributed by atoms with Crippen LogP contribution in [0.2, 0.25) is 0 Å². The van der Waals surface area contributed by atoms with Crippen LogP contribution < -0.4 is 5.32 Å². The number of sulfone groups is 1. The molecule has 6 heteroatoms. The van der Waals surface area contributed by atoms with Gasteiger partial charge < -0.3 is 10.4 Å². The summed E-state index contributed by atoms with van der Waals surface area (Å²) in [4.78, 5) is 0. The molecule has 1 unspecified atom stereocenters. The summed E-state index contributed by atoms with van der Waals surface area (Å²) in [6, 6.07) is 0. The predicted octanol–water partition coefficient (Wildman–Crippen LogP) is -1.29. The maximum absolute atomic E-state index is 13.9. The van der Waals surface area contributed by atoms with Crippen molar-refractivity contribution in [2.24, 2.45) is 5.41 Å². The van der Waals surface area contributed by atoms with Gasteiger partial charge in [0.05, 0.1) is 18.1 Å². The van der Waals surface area contributed by atoms with Crippen LogP contribution in [0.4, 0.5) is 4.39 Å². The van der Waals surface area contributed by atoms with Gasteiger partial charge in [-0.25, -0.2) is 12.8 Å². The van der Waals surface area contributed by atoms with Gasteiger partial charge >= 0.3 is 0 Å². The second-order valence-corrected chi connectivity index (χ2v) is 6.10. The molecular formula is C7H12FNO3S. The Kier molecular flexibility index (Phi) is 1.75. The standard InChI is InChI=1S/C7H12FNO3S/c8-7(3-10)2-9-1-6(7)4-13(11,12)5-6/h9-10H,1-5H2. The van der Waals surface area contributed by atoms with E-state index >= 15 is 0 Å². The van der Waals surface area contributed by atoms with Gasteiger partial charge in [-0.15, -0.1) is 0 Å². The van der Waals surface area contributed by atoms with E-state index in [0.717, 1.165) is 0 Å². The molecule has 0 radical (unpaired) electrons. The summed E-state index contributed by atoms with van der Waals surface area (Å²) in [5, 5.41) is 11.7. The van der Waals surface area contributed by atoms with Gasteiger partial charge in [-0.3, -0.25) is 0 Å². The lowest BCUT2D eigenvalue weighted by molar-refractivity contribution is 0.00315. The second kappa shape index (κ2) is 2.43. The molecule has 2 rings (SSSR count). The average molecular weight is 209 g/mol. The number of aliphatic hydroxyl groups is 1. The third-order valence-corrected chi connectivity index (χ3v) is 5.05. The zero-order chi connectivity index (χ0) is 9.74. The van der Waals surface area contributed by atoms with Crippen LogP contribution in [0.15, 0.2) is 0 Å². The van der Waals surface area contributed by atoms with E-state index in [1.165, 1.54) is 0 Å². The van der Waals surface area contributed by atoms with Crippen LogP contribution in [0.5, 0.6) is 0 Å². The van der Waals surface area contributed by atoms with Gasteiger partial charge in [-0.2, -0.15) is 0 Å². The van der Waals surface area contributed by atoms with Gasteiger partial charge in [0.1, 0.15) is 0 Å². The Bertz CT molecular complexity index is 317. The molecular weight excluding hydrogens is 197 g/mol. The quantitative estimate of drug-likeness (QED) is 0.563. The van der Waals surface area contributed by atoms with Gasteiger partial charge in [-0.1, -0.05) is 0 Å². The summed E-state index contributed by atoms with van der Waals surface area (Å²) in [6.45, 7) is -0.197. The second-order valence-electron chi connectivity index (χ2n) is 4.04. The Hall–Kier alpha value is -0.200. The monoisotopic (exact) mass is 209 g/mol. The molecule has 0 aromatic rings. The van der Waals surface area contributed by atoms with Gasteiger partial charge in [-0.05, 0) is 0 Å². The van der Waals surface area contributed by atoms with Crippen LogP contribution in [0.25, 0.3) is 0 Å².